The van der Waals surface area contributed by atoms with E-state index in [9.17, 15) is 9.00 Å². The lowest BCUT2D eigenvalue weighted by molar-refractivity contribution is -0.125. The molecule has 0 radical (unpaired) electrons. The highest BCUT2D eigenvalue weighted by Gasteiger charge is 2.23. The average molecular weight is 148 g/mol. The Hall–Kier alpha value is -0.220. The van der Waals surface area contributed by atoms with Gasteiger partial charge in [-0.3, -0.25) is 9.00 Å². The fraction of sp³-hybridized carbons (Fsp3) is 0.800. The molecule has 2 atom stereocenters. The Kier molecular flexibility index (Phi) is 1.97. The normalized spacial score (nSPS) is 36.8. The minimum absolute atomic E-state index is 0.138. The van der Waals surface area contributed by atoms with Gasteiger partial charge in [-0.1, -0.05) is 0 Å². The van der Waals surface area contributed by atoms with E-state index in [4.69, 9.17) is 5.11 Å². The Morgan fingerprint density at radius 3 is 2.78 bits per heavy atom. The van der Waals surface area contributed by atoms with Crippen molar-refractivity contribution in [2.24, 2.45) is 0 Å². The predicted molar refractivity (Wildman–Crippen MR) is 33.5 cm³/mol. The molecule has 4 heteroatoms. The van der Waals surface area contributed by atoms with Crippen LogP contribution in [0.1, 0.15) is 6.42 Å². The summed E-state index contributed by atoms with van der Waals surface area (Å²) in [6, 6.07) is 0. The van der Waals surface area contributed by atoms with Gasteiger partial charge in [0.15, 0.2) is 5.78 Å². The van der Waals surface area contributed by atoms with Gasteiger partial charge in [-0.15, -0.1) is 0 Å². The summed E-state index contributed by atoms with van der Waals surface area (Å²) in [6.45, 7) is 0. The molecular weight excluding hydrogens is 140 g/mol. The molecular formula is C5H8O3S. The van der Waals surface area contributed by atoms with E-state index in [1.807, 2.05) is 0 Å². The molecule has 1 rings (SSSR count). The molecule has 0 aromatic rings. The molecule has 1 saturated heterocycles. The monoisotopic (exact) mass is 148 g/mol. The molecule has 0 unspecified atom stereocenters. The lowest BCUT2D eigenvalue weighted by Gasteiger charge is -2.13. The van der Waals surface area contributed by atoms with Gasteiger partial charge in [-0.05, 0) is 0 Å². The van der Waals surface area contributed by atoms with Crippen LogP contribution in [-0.2, 0) is 15.6 Å². The second-order valence-electron chi connectivity index (χ2n) is 2.04. The Bertz CT molecular complexity index is 154. The van der Waals surface area contributed by atoms with Crippen LogP contribution in [0.4, 0.5) is 0 Å². The van der Waals surface area contributed by atoms with Crippen LogP contribution in [0.3, 0.4) is 0 Å². The van der Waals surface area contributed by atoms with Crippen molar-refractivity contribution >= 4 is 16.6 Å². The Balaban J connectivity index is 2.54. The van der Waals surface area contributed by atoms with Crippen molar-refractivity contribution in [3.05, 3.63) is 0 Å². The highest BCUT2D eigenvalue weighted by Crippen LogP contribution is 2.03. The van der Waals surface area contributed by atoms with Crippen LogP contribution in [0.2, 0.25) is 0 Å². The summed E-state index contributed by atoms with van der Waals surface area (Å²) in [6.07, 6.45) is -0.687. The molecule has 0 saturated carbocycles. The summed E-state index contributed by atoms with van der Waals surface area (Å²) in [5.74, 6) is 0.393. The quantitative estimate of drug-likeness (QED) is 0.483. The van der Waals surface area contributed by atoms with Crippen molar-refractivity contribution in [1.82, 2.24) is 0 Å². The van der Waals surface area contributed by atoms with Crippen molar-refractivity contribution in [1.29, 1.82) is 0 Å². The maximum Gasteiger partial charge on any atom is 0.163 e. The molecule has 0 aromatic carbocycles. The summed E-state index contributed by atoms with van der Waals surface area (Å²) in [7, 11) is -0.962. The zero-order valence-corrected chi connectivity index (χ0v) is 5.69. The molecule has 0 spiro atoms. The summed E-state index contributed by atoms with van der Waals surface area (Å²) >= 11 is 0. The van der Waals surface area contributed by atoms with E-state index in [-0.39, 0.29) is 18.0 Å². The number of aliphatic hydroxyl groups excluding tert-OH is 1. The van der Waals surface area contributed by atoms with Crippen LogP contribution in [0, 0.1) is 0 Å². The number of rotatable bonds is 0. The fourth-order valence-corrected chi connectivity index (χ4v) is 1.87. The smallest absolute Gasteiger partial charge is 0.163 e. The molecule has 0 bridgehead atoms. The first-order chi connectivity index (χ1) is 4.20. The molecule has 1 aliphatic heterocycles. The molecule has 1 N–H and O–H groups in total. The van der Waals surface area contributed by atoms with E-state index in [0.29, 0.717) is 5.75 Å². The molecule has 9 heavy (non-hydrogen) atoms. The zero-order valence-electron chi connectivity index (χ0n) is 4.87. The van der Waals surface area contributed by atoms with E-state index in [2.05, 4.69) is 0 Å². The first kappa shape index (κ1) is 6.89. The number of hydrogen-bond donors (Lipinski definition) is 1. The number of carbonyl (C=O) groups excluding carboxylic acids is 1. The van der Waals surface area contributed by atoms with Crippen LogP contribution < -0.4 is 0 Å². The Morgan fingerprint density at radius 1 is 1.67 bits per heavy atom. The van der Waals surface area contributed by atoms with Gasteiger partial charge in [0.05, 0.1) is 5.75 Å². The zero-order chi connectivity index (χ0) is 6.85. The lowest BCUT2D eigenvalue weighted by atomic mass is 10.2. The first-order valence-electron chi connectivity index (χ1n) is 2.76. The van der Waals surface area contributed by atoms with Crippen LogP contribution in [0.25, 0.3) is 0 Å². The molecule has 1 heterocycles. The van der Waals surface area contributed by atoms with Crippen molar-refractivity contribution in [2.45, 2.75) is 12.5 Å². The Labute approximate surface area is 55.5 Å². The van der Waals surface area contributed by atoms with Crippen molar-refractivity contribution < 1.29 is 14.1 Å². The van der Waals surface area contributed by atoms with E-state index < -0.39 is 16.9 Å². The summed E-state index contributed by atoms with van der Waals surface area (Å²) in [4.78, 5) is 10.6. The van der Waals surface area contributed by atoms with Crippen LogP contribution in [0.5, 0.6) is 0 Å². The van der Waals surface area contributed by atoms with E-state index >= 15 is 0 Å². The Morgan fingerprint density at radius 2 is 2.33 bits per heavy atom. The summed E-state index contributed by atoms with van der Waals surface area (Å²) in [5, 5.41) is 8.81. The summed E-state index contributed by atoms with van der Waals surface area (Å²) < 4.78 is 10.6. The van der Waals surface area contributed by atoms with E-state index in [0.717, 1.165) is 0 Å². The van der Waals surface area contributed by atoms with E-state index in [1.165, 1.54) is 0 Å². The maximum atomic E-state index is 10.6. The van der Waals surface area contributed by atoms with Crippen molar-refractivity contribution in [2.75, 3.05) is 11.5 Å². The predicted octanol–water partition coefficient (Wildman–Crippen LogP) is -0.931. The minimum Gasteiger partial charge on any atom is -0.384 e. The molecule has 0 aliphatic carbocycles. The SMILES string of the molecule is O=C1CC[S@@](=O)C[C@@H]1O. The standard InChI is InChI=1S/C5H8O3S/c6-4-1-2-9(8)3-5(4)7/h5,7H,1-3H2/t5-,9+/m0/s1. The molecule has 52 valence electrons. The van der Waals surface area contributed by atoms with Crippen LogP contribution >= 0.6 is 0 Å². The first-order valence-corrected chi connectivity index (χ1v) is 4.24. The average Bonchev–Trinajstić information content (AvgIpc) is 1.80. The van der Waals surface area contributed by atoms with Gasteiger partial charge in [0.25, 0.3) is 0 Å². The number of carbonyl (C=O) groups is 1. The third kappa shape index (κ3) is 1.59. The number of hydrogen-bond acceptors (Lipinski definition) is 3. The van der Waals surface area contributed by atoms with Crippen LogP contribution in [0.15, 0.2) is 0 Å². The molecule has 0 aromatic heterocycles. The lowest BCUT2D eigenvalue weighted by Crippen LogP contribution is -2.33. The van der Waals surface area contributed by atoms with Gasteiger partial charge in [0, 0.05) is 23.0 Å². The third-order valence-corrected chi connectivity index (χ3v) is 2.64. The molecule has 0 amide bonds. The second kappa shape index (κ2) is 2.58. The second-order valence-corrected chi connectivity index (χ2v) is 3.66. The van der Waals surface area contributed by atoms with E-state index in [1.54, 1.807) is 0 Å². The highest BCUT2D eigenvalue weighted by molar-refractivity contribution is 7.85. The van der Waals surface area contributed by atoms with Crippen LogP contribution in [-0.4, -0.2) is 32.7 Å². The van der Waals surface area contributed by atoms with Gasteiger partial charge in [-0.2, -0.15) is 0 Å². The summed E-state index contributed by atoms with van der Waals surface area (Å²) in [5.41, 5.74) is 0. The van der Waals surface area contributed by atoms with Gasteiger partial charge >= 0.3 is 0 Å². The van der Waals surface area contributed by atoms with Gasteiger partial charge < -0.3 is 5.11 Å². The van der Waals surface area contributed by atoms with Gasteiger partial charge in [-0.25, -0.2) is 0 Å². The maximum absolute atomic E-state index is 10.6. The largest absolute Gasteiger partial charge is 0.384 e. The third-order valence-electron chi connectivity index (χ3n) is 1.29. The molecule has 1 aliphatic rings. The van der Waals surface area contributed by atoms with Gasteiger partial charge in [0.2, 0.25) is 0 Å². The highest BCUT2D eigenvalue weighted by atomic mass is 32.2. The number of Topliss-reactive ketones (excluding diaryl/α,β-unsaturated/α-hetero) is 1. The number of aliphatic hydroxyl groups is 1. The minimum atomic E-state index is -0.962. The molecule has 1 fully saturated rings. The number of ketones is 1. The fourth-order valence-electron chi connectivity index (χ4n) is 0.733. The molecule has 3 nitrogen and oxygen atoms in total. The van der Waals surface area contributed by atoms with Crippen molar-refractivity contribution in [3.8, 4) is 0 Å². The van der Waals surface area contributed by atoms with Gasteiger partial charge in [0.1, 0.15) is 6.10 Å². The topological polar surface area (TPSA) is 54.4 Å². The van der Waals surface area contributed by atoms with Crippen molar-refractivity contribution in [3.63, 3.8) is 0 Å².